The van der Waals surface area contributed by atoms with Crippen molar-refractivity contribution < 1.29 is 28.9 Å². The van der Waals surface area contributed by atoms with Crippen molar-refractivity contribution in [3.05, 3.63) is 11.0 Å². The van der Waals surface area contributed by atoms with E-state index in [4.69, 9.17) is 32.1 Å². The Bertz CT molecular complexity index is 864. The van der Waals surface area contributed by atoms with Crippen molar-refractivity contribution >= 4 is 36.9 Å². The number of rotatable bonds is 4. The van der Waals surface area contributed by atoms with Crippen LogP contribution in [0.1, 0.15) is 6.23 Å². The lowest BCUT2D eigenvalue weighted by atomic mass is 10.1. The third kappa shape index (κ3) is 3.22. The van der Waals surface area contributed by atoms with E-state index >= 15 is 0 Å². The van der Waals surface area contributed by atoms with Crippen LogP contribution in [-0.4, -0.2) is 66.2 Å². The van der Waals surface area contributed by atoms with Gasteiger partial charge in [0.1, 0.15) is 28.5 Å². The summed E-state index contributed by atoms with van der Waals surface area (Å²) in [7, 11) is -3.74. The van der Waals surface area contributed by atoms with Crippen molar-refractivity contribution in [2.75, 3.05) is 19.0 Å². The summed E-state index contributed by atoms with van der Waals surface area (Å²) >= 11 is 5.10. The minimum Gasteiger partial charge on any atom is -0.387 e. The number of nitrogens with two attached hydrogens (primary N) is 1. The van der Waals surface area contributed by atoms with Crippen LogP contribution in [0.25, 0.3) is 11.2 Å². The predicted molar refractivity (Wildman–Crippen MR) is 84.8 cm³/mol. The van der Waals surface area contributed by atoms with Crippen LogP contribution >= 0.6 is 19.8 Å². The van der Waals surface area contributed by atoms with E-state index in [0.29, 0.717) is 5.52 Å². The Morgan fingerprint density at radius 1 is 1.54 bits per heavy atom. The largest absolute Gasteiger partial charge is 0.387 e. The van der Waals surface area contributed by atoms with Crippen molar-refractivity contribution in [3.63, 3.8) is 0 Å². The Morgan fingerprint density at radius 3 is 2.92 bits per heavy atom. The van der Waals surface area contributed by atoms with Crippen LogP contribution in [-0.2, 0) is 13.8 Å². The summed E-state index contributed by atoms with van der Waals surface area (Å²) < 4.78 is 23.2. The highest BCUT2D eigenvalue weighted by atomic mass is 32.1. The number of nitrogens with one attached hydrogen (secondary N) is 1. The third-order valence-corrected chi connectivity index (χ3v) is 4.46. The number of aliphatic hydroxyl groups is 2. The quantitative estimate of drug-likeness (QED) is 0.346. The molecule has 1 aliphatic heterocycles. The Kier molecular flexibility index (Phi) is 4.47. The maximum Gasteiger partial charge on any atom is 0.325 e. The number of aromatic nitrogens is 4. The molecule has 0 spiro atoms. The van der Waals surface area contributed by atoms with E-state index in [1.54, 1.807) is 0 Å². The molecule has 0 saturated carbocycles. The van der Waals surface area contributed by atoms with Crippen LogP contribution in [0.2, 0.25) is 0 Å². The minimum atomic E-state index is -3.74. The fraction of sp³-hybridized carbons (Fsp3) is 0.545. The molecule has 13 heteroatoms. The Balaban J connectivity index is 1.90. The van der Waals surface area contributed by atoms with Crippen LogP contribution in [0, 0.1) is 4.64 Å². The average Bonchev–Trinajstić information content (AvgIpc) is 3.00. The first kappa shape index (κ1) is 17.4. The van der Waals surface area contributed by atoms with Crippen molar-refractivity contribution in [1.82, 2.24) is 19.5 Å². The van der Waals surface area contributed by atoms with Crippen molar-refractivity contribution in [3.8, 4) is 0 Å². The fourth-order valence-electron chi connectivity index (χ4n) is 2.44. The first-order valence-electron chi connectivity index (χ1n) is 6.86. The number of imidazole rings is 1. The molecule has 1 unspecified atom stereocenters. The van der Waals surface area contributed by atoms with Gasteiger partial charge >= 0.3 is 7.60 Å². The molecule has 132 valence electrons. The molecule has 3 heterocycles. The molecule has 2 aromatic rings. The van der Waals surface area contributed by atoms with E-state index < -0.39 is 32.1 Å². The molecule has 0 bridgehead atoms. The molecule has 1 saturated heterocycles. The molecular formula is C11H16N5O6PS. The Labute approximate surface area is 140 Å². The number of nitrogen functional groups attached to an aromatic ring is 1. The third-order valence-electron chi connectivity index (χ3n) is 3.54. The number of hydrogen-bond acceptors (Lipinski definition) is 9. The van der Waals surface area contributed by atoms with Gasteiger partial charge in [-0.3, -0.25) is 9.13 Å². The highest BCUT2D eigenvalue weighted by Gasteiger charge is 2.45. The lowest BCUT2D eigenvalue weighted by Gasteiger charge is -2.16. The number of hydrogen-bond donors (Lipinski definition) is 5. The topological polar surface area (TPSA) is 169 Å². The summed E-state index contributed by atoms with van der Waals surface area (Å²) in [5, 5.41) is 20.3. The highest BCUT2D eigenvalue weighted by Crippen LogP contribution is 2.39. The Hall–Kier alpha value is -1.40. The van der Waals surface area contributed by atoms with Gasteiger partial charge in [0, 0.05) is 6.66 Å². The zero-order valence-corrected chi connectivity index (χ0v) is 14.1. The van der Waals surface area contributed by atoms with Crippen LogP contribution < -0.4 is 5.73 Å². The molecule has 3 rings (SSSR count). The zero-order valence-electron chi connectivity index (χ0n) is 12.4. The normalized spacial score (nSPS) is 29.8. The van der Waals surface area contributed by atoms with E-state index in [1.807, 2.05) is 0 Å². The van der Waals surface area contributed by atoms with Gasteiger partial charge in [0.25, 0.3) is 0 Å². The highest BCUT2D eigenvalue weighted by molar-refractivity contribution is 7.71. The molecule has 0 amide bonds. The van der Waals surface area contributed by atoms with Gasteiger partial charge in [0.2, 0.25) is 5.95 Å². The number of nitrogens with zero attached hydrogens (tertiary/aromatic N) is 3. The van der Waals surface area contributed by atoms with E-state index in [9.17, 15) is 14.8 Å². The van der Waals surface area contributed by atoms with Crippen LogP contribution in [0.4, 0.5) is 5.95 Å². The minimum absolute atomic E-state index is 0.0642. The molecule has 2 aromatic heterocycles. The smallest absolute Gasteiger partial charge is 0.325 e. The molecule has 0 aliphatic carbocycles. The summed E-state index contributed by atoms with van der Waals surface area (Å²) in [4.78, 5) is 20.0. The summed E-state index contributed by atoms with van der Waals surface area (Å²) in [5.74, 6) is 0.0642. The summed E-state index contributed by atoms with van der Waals surface area (Å²) in [6, 6.07) is 0. The van der Waals surface area contributed by atoms with E-state index in [2.05, 4.69) is 15.0 Å². The molecule has 1 fully saturated rings. The van der Waals surface area contributed by atoms with Gasteiger partial charge in [-0.1, -0.05) is 12.2 Å². The van der Waals surface area contributed by atoms with Gasteiger partial charge in [-0.25, -0.2) is 4.98 Å². The maximum absolute atomic E-state index is 11.2. The standard InChI is InChI=1S/C11H16N5O6PS/c1-23(19,20)21-2-4-6(17)7(18)10(22-4)16-3-13-5-8(16)14-11(12)15-9(5)24/h3-4,6-7,10,17-18H,2H2,1H3,(H,19,20)(H3,12,14,15,24)/t4-,6+,7+,10-/m1/s1. The molecule has 1 aliphatic rings. The lowest BCUT2D eigenvalue weighted by molar-refractivity contribution is -0.0483. The van der Waals surface area contributed by atoms with E-state index in [-0.39, 0.29) is 22.8 Å². The van der Waals surface area contributed by atoms with Crippen molar-refractivity contribution in [2.45, 2.75) is 24.5 Å². The fourth-order valence-corrected chi connectivity index (χ4v) is 3.11. The van der Waals surface area contributed by atoms with Gasteiger partial charge in [-0.05, 0) is 0 Å². The van der Waals surface area contributed by atoms with Gasteiger partial charge in [-0.2, -0.15) is 4.98 Å². The van der Waals surface area contributed by atoms with Crippen LogP contribution in [0.15, 0.2) is 6.33 Å². The van der Waals surface area contributed by atoms with Gasteiger partial charge in [0.05, 0.1) is 12.9 Å². The molecule has 6 N–H and O–H groups in total. The van der Waals surface area contributed by atoms with Gasteiger partial charge < -0.3 is 35.1 Å². The van der Waals surface area contributed by atoms with Gasteiger partial charge in [-0.15, -0.1) is 0 Å². The molecular weight excluding hydrogens is 361 g/mol. The van der Waals surface area contributed by atoms with E-state index in [0.717, 1.165) is 6.66 Å². The second kappa shape index (κ2) is 6.15. The molecule has 5 atom stereocenters. The average molecular weight is 377 g/mol. The summed E-state index contributed by atoms with van der Waals surface area (Å²) in [5.41, 5.74) is 6.26. The number of aliphatic hydroxyl groups excluding tert-OH is 2. The lowest BCUT2D eigenvalue weighted by Crippen LogP contribution is -2.33. The SMILES string of the molecule is CP(=O)(O)OC[C@H]1O[C@@H](n2cnc3c(=S)[nH]c(N)nc32)[C@@H](O)[C@H]1O. The predicted octanol–water partition coefficient (Wildman–Crippen LogP) is -0.478. The molecule has 24 heavy (non-hydrogen) atoms. The Morgan fingerprint density at radius 2 is 2.25 bits per heavy atom. The number of ether oxygens (including phenoxy) is 1. The maximum atomic E-state index is 11.2. The number of fused-ring (bicyclic) bond motifs is 1. The van der Waals surface area contributed by atoms with E-state index in [1.165, 1.54) is 10.9 Å². The molecule has 0 radical (unpaired) electrons. The second-order valence-corrected chi connectivity index (χ2v) is 7.69. The monoisotopic (exact) mass is 377 g/mol. The number of H-pyrrole nitrogens is 1. The first-order valence-corrected chi connectivity index (χ1v) is 9.29. The molecule has 0 aromatic carbocycles. The summed E-state index contributed by atoms with van der Waals surface area (Å²) in [6.45, 7) is 0.654. The zero-order chi connectivity index (χ0) is 17.6. The van der Waals surface area contributed by atoms with Gasteiger partial charge in [0.15, 0.2) is 11.9 Å². The number of aromatic amines is 1. The first-order chi connectivity index (χ1) is 11.2. The van der Waals surface area contributed by atoms with Crippen LogP contribution in [0.3, 0.4) is 0 Å². The summed E-state index contributed by atoms with van der Waals surface area (Å²) in [6.07, 6.45) is -3.33. The number of anilines is 1. The molecule has 11 nitrogen and oxygen atoms in total. The second-order valence-electron chi connectivity index (χ2n) is 5.42. The van der Waals surface area contributed by atoms with Crippen molar-refractivity contribution in [2.24, 2.45) is 0 Å². The van der Waals surface area contributed by atoms with Crippen molar-refractivity contribution in [1.29, 1.82) is 0 Å². The van der Waals surface area contributed by atoms with Crippen LogP contribution in [0.5, 0.6) is 0 Å².